The molecule has 1 aromatic carbocycles. The quantitative estimate of drug-likeness (QED) is 0.439. The molecule has 0 fully saturated rings. The molecule has 1 atom stereocenters. The third-order valence-electron chi connectivity index (χ3n) is 3.97. The first kappa shape index (κ1) is 20.7. The van der Waals surface area contributed by atoms with Gasteiger partial charge in [-0.3, -0.25) is 0 Å². The first-order chi connectivity index (χ1) is 13.6. The topological polar surface area (TPSA) is 103 Å². The SMILES string of the molecule is C[C@@](F)(Nc1c(-c2ccc(C#N)cc2Cl)c(Cl)nc2c(C(=O)O)cnn12)C(F)F. The van der Waals surface area contributed by atoms with Crippen molar-refractivity contribution in [2.75, 3.05) is 5.32 Å². The molecule has 0 amide bonds. The lowest BCUT2D eigenvalue weighted by atomic mass is 10.1. The molecular weight excluding hydrogens is 434 g/mol. The second-order valence-electron chi connectivity index (χ2n) is 6.03. The van der Waals surface area contributed by atoms with Crippen molar-refractivity contribution in [3.05, 3.63) is 45.7 Å². The Morgan fingerprint density at radius 3 is 2.66 bits per heavy atom. The van der Waals surface area contributed by atoms with Crippen LogP contribution >= 0.6 is 23.2 Å². The molecule has 150 valence electrons. The van der Waals surface area contributed by atoms with Gasteiger partial charge >= 0.3 is 5.97 Å². The van der Waals surface area contributed by atoms with E-state index in [1.165, 1.54) is 18.2 Å². The van der Waals surface area contributed by atoms with Crippen LogP contribution in [-0.4, -0.2) is 37.9 Å². The number of nitriles is 1. The number of benzene rings is 1. The molecule has 0 saturated heterocycles. The van der Waals surface area contributed by atoms with Gasteiger partial charge in [-0.15, -0.1) is 0 Å². The number of aromatic nitrogens is 3. The minimum Gasteiger partial charge on any atom is -0.477 e. The van der Waals surface area contributed by atoms with Crippen molar-refractivity contribution in [1.29, 1.82) is 5.26 Å². The number of carboxylic acids is 1. The lowest BCUT2D eigenvalue weighted by molar-refractivity contribution is -0.00293. The van der Waals surface area contributed by atoms with Crippen molar-refractivity contribution in [1.82, 2.24) is 14.6 Å². The molecule has 2 heterocycles. The fourth-order valence-electron chi connectivity index (χ4n) is 2.54. The Hall–Kier alpha value is -3.03. The Bertz CT molecular complexity index is 1170. The number of fused-ring (bicyclic) bond motifs is 1. The minimum atomic E-state index is -3.44. The second kappa shape index (κ2) is 7.42. The second-order valence-corrected chi connectivity index (χ2v) is 6.80. The number of aromatic carboxylic acids is 1. The summed E-state index contributed by atoms with van der Waals surface area (Å²) in [4.78, 5) is 15.3. The largest absolute Gasteiger partial charge is 0.477 e. The zero-order valence-electron chi connectivity index (χ0n) is 14.4. The van der Waals surface area contributed by atoms with Gasteiger partial charge in [-0.2, -0.15) is 14.9 Å². The molecule has 0 unspecified atom stereocenters. The molecule has 0 bridgehead atoms. The average Bonchev–Trinajstić information content (AvgIpc) is 3.06. The Labute approximate surface area is 171 Å². The fourth-order valence-corrected chi connectivity index (χ4v) is 3.09. The predicted molar refractivity (Wildman–Crippen MR) is 99.3 cm³/mol. The van der Waals surface area contributed by atoms with Crippen LogP contribution in [-0.2, 0) is 0 Å². The highest BCUT2D eigenvalue weighted by Crippen LogP contribution is 2.40. The van der Waals surface area contributed by atoms with Gasteiger partial charge in [0, 0.05) is 10.6 Å². The normalized spacial score (nSPS) is 13.3. The highest BCUT2D eigenvalue weighted by molar-refractivity contribution is 6.36. The summed E-state index contributed by atoms with van der Waals surface area (Å²) < 4.78 is 41.7. The highest BCUT2D eigenvalue weighted by Gasteiger charge is 2.37. The number of alkyl halides is 3. The number of halogens is 5. The Morgan fingerprint density at radius 2 is 2.10 bits per heavy atom. The molecule has 0 aliphatic carbocycles. The number of rotatable bonds is 5. The summed E-state index contributed by atoms with van der Waals surface area (Å²) in [7, 11) is 0. The molecule has 12 heteroatoms. The predicted octanol–water partition coefficient (Wildman–Crippen LogP) is 4.64. The molecule has 0 spiro atoms. The minimum absolute atomic E-state index is 0.0124. The number of carboxylic acid groups (broad SMARTS) is 1. The van der Waals surface area contributed by atoms with Gasteiger partial charge in [0.2, 0.25) is 5.79 Å². The van der Waals surface area contributed by atoms with Crippen LogP contribution in [0.2, 0.25) is 10.2 Å². The van der Waals surface area contributed by atoms with Crippen LogP contribution in [0.25, 0.3) is 16.8 Å². The summed E-state index contributed by atoms with van der Waals surface area (Å²) in [5, 5.41) is 23.8. The number of hydrogen-bond donors (Lipinski definition) is 2. The van der Waals surface area contributed by atoms with Crippen LogP contribution < -0.4 is 5.32 Å². The fraction of sp³-hybridized carbons (Fsp3) is 0.176. The van der Waals surface area contributed by atoms with Crippen LogP contribution in [0, 0.1) is 11.3 Å². The maximum Gasteiger partial charge on any atom is 0.341 e. The zero-order chi connectivity index (χ0) is 21.5. The van der Waals surface area contributed by atoms with Crippen LogP contribution in [0.3, 0.4) is 0 Å². The van der Waals surface area contributed by atoms with Crippen LogP contribution in [0.4, 0.5) is 19.0 Å². The monoisotopic (exact) mass is 443 g/mol. The van der Waals surface area contributed by atoms with E-state index in [2.05, 4.69) is 10.1 Å². The van der Waals surface area contributed by atoms with Gasteiger partial charge in [0.15, 0.2) is 5.65 Å². The van der Waals surface area contributed by atoms with Gasteiger partial charge in [-0.1, -0.05) is 29.3 Å². The summed E-state index contributed by atoms with van der Waals surface area (Å²) in [6, 6.07) is 5.95. The van der Waals surface area contributed by atoms with Gasteiger partial charge in [-0.05, 0) is 19.1 Å². The van der Waals surface area contributed by atoms with E-state index >= 15 is 0 Å². The standard InChI is InChI=1S/C17H10Cl2F3N5O2/c1-17(22,16(20)21)26-14-11(8-3-2-7(5-23)4-10(8)18)12(19)25-13-9(15(28)29)6-24-27(13)14/h2-4,6,16,26H,1H3,(H,28,29)/t17-/m1/s1. The van der Waals surface area contributed by atoms with E-state index in [0.717, 1.165) is 10.7 Å². The Kier molecular flexibility index (Phi) is 5.30. The summed E-state index contributed by atoms with van der Waals surface area (Å²) in [6.45, 7) is 0.601. The average molecular weight is 444 g/mol. The first-order valence-corrected chi connectivity index (χ1v) is 8.58. The van der Waals surface area contributed by atoms with Gasteiger partial charge in [0.05, 0.1) is 23.4 Å². The van der Waals surface area contributed by atoms with Crippen LogP contribution in [0.1, 0.15) is 22.8 Å². The van der Waals surface area contributed by atoms with Crippen molar-refractivity contribution in [2.45, 2.75) is 19.1 Å². The summed E-state index contributed by atoms with van der Waals surface area (Å²) in [5.41, 5.74) is -0.398. The molecule has 0 radical (unpaired) electrons. The molecule has 3 rings (SSSR count). The van der Waals surface area contributed by atoms with E-state index in [1.54, 1.807) is 0 Å². The molecule has 2 N–H and O–H groups in total. The van der Waals surface area contributed by atoms with E-state index in [9.17, 15) is 23.1 Å². The van der Waals surface area contributed by atoms with Crippen LogP contribution in [0.5, 0.6) is 0 Å². The maximum atomic E-state index is 14.5. The Morgan fingerprint density at radius 1 is 1.41 bits per heavy atom. The van der Waals surface area contributed by atoms with E-state index in [4.69, 9.17) is 28.5 Å². The number of nitrogens with one attached hydrogen (secondary N) is 1. The van der Waals surface area contributed by atoms with Crippen molar-refractivity contribution >= 4 is 40.6 Å². The van der Waals surface area contributed by atoms with Crippen molar-refractivity contribution in [3.8, 4) is 17.2 Å². The molecule has 0 saturated carbocycles. The van der Waals surface area contributed by atoms with Crippen molar-refractivity contribution < 1.29 is 23.1 Å². The lowest BCUT2D eigenvalue weighted by Crippen LogP contribution is -2.38. The van der Waals surface area contributed by atoms with Crippen molar-refractivity contribution in [3.63, 3.8) is 0 Å². The van der Waals surface area contributed by atoms with E-state index in [1.807, 2.05) is 11.4 Å². The number of carbonyl (C=O) groups is 1. The summed E-state index contributed by atoms with van der Waals surface area (Å²) >= 11 is 12.4. The van der Waals surface area contributed by atoms with Gasteiger partial charge in [-0.25, -0.2) is 22.9 Å². The molecule has 7 nitrogen and oxygen atoms in total. The highest BCUT2D eigenvalue weighted by atomic mass is 35.5. The number of hydrogen-bond acceptors (Lipinski definition) is 5. The molecule has 0 aliphatic heterocycles. The Balaban J connectivity index is 2.37. The zero-order valence-corrected chi connectivity index (χ0v) is 15.9. The van der Waals surface area contributed by atoms with E-state index < -0.39 is 18.2 Å². The lowest BCUT2D eigenvalue weighted by Gasteiger charge is -2.25. The third-order valence-corrected chi connectivity index (χ3v) is 4.56. The number of nitrogens with zero attached hydrogens (tertiary/aromatic N) is 4. The molecule has 2 aromatic heterocycles. The van der Waals surface area contributed by atoms with Gasteiger partial charge < -0.3 is 10.4 Å². The summed E-state index contributed by atoms with van der Waals surface area (Å²) in [5.74, 6) is -5.00. The molecular formula is C17H10Cl2F3N5O2. The van der Waals surface area contributed by atoms with Gasteiger partial charge in [0.1, 0.15) is 16.5 Å². The van der Waals surface area contributed by atoms with Crippen molar-refractivity contribution in [2.24, 2.45) is 0 Å². The molecule has 3 aromatic rings. The van der Waals surface area contributed by atoms with E-state index in [-0.39, 0.29) is 43.9 Å². The smallest absolute Gasteiger partial charge is 0.341 e. The van der Waals surface area contributed by atoms with E-state index in [0.29, 0.717) is 6.92 Å². The molecule has 0 aliphatic rings. The summed E-state index contributed by atoms with van der Waals surface area (Å²) in [6.07, 6.45) is -2.52. The van der Waals surface area contributed by atoms with Crippen LogP contribution in [0.15, 0.2) is 24.4 Å². The van der Waals surface area contributed by atoms with Gasteiger partial charge in [0.25, 0.3) is 6.43 Å². The first-order valence-electron chi connectivity index (χ1n) is 7.82. The molecule has 29 heavy (non-hydrogen) atoms. The third kappa shape index (κ3) is 3.66. The maximum absolute atomic E-state index is 14.5. The number of anilines is 1.